The first-order chi connectivity index (χ1) is 13.0. The molecule has 1 aliphatic heterocycles. The van der Waals surface area contributed by atoms with Crippen molar-refractivity contribution in [3.63, 3.8) is 0 Å². The van der Waals surface area contributed by atoms with Crippen LogP contribution in [0, 0.1) is 5.82 Å². The number of aryl methyl sites for hydroxylation is 1. The molecular formula is C22H23FN2O2. The van der Waals surface area contributed by atoms with Crippen LogP contribution >= 0.6 is 0 Å². The van der Waals surface area contributed by atoms with Crippen LogP contribution in [0.3, 0.4) is 0 Å². The van der Waals surface area contributed by atoms with E-state index in [2.05, 4.69) is 11.4 Å². The maximum absolute atomic E-state index is 13.0. The van der Waals surface area contributed by atoms with Crippen molar-refractivity contribution in [1.82, 2.24) is 5.32 Å². The summed E-state index contributed by atoms with van der Waals surface area (Å²) in [5, 5.41) is 2.75. The summed E-state index contributed by atoms with van der Waals surface area (Å²) in [4.78, 5) is 26.4. The normalized spacial score (nSPS) is 13.9. The summed E-state index contributed by atoms with van der Waals surface area (Å²) in [5.41, 5.74) is 3.70. The summed E-state index contributed by atoms with van der Waals surface area (Å²) in [6.07, 6.45) is 3.66. The zero-order valence-electron chi connectivity index (χ0n) is 15.4. The van der Waals surface area contributed by atoms with E-state index in [-0.39, 0.29) is 30.6 Å². The van der Waals surface area contributed by atoms with E-state index in [1.54, 1.807) is 19.1 Å². The zero-order valence-corrected chi connectivity index (χ0v) is 15.4. The Hall–Kier alpha value is -2.95. The Labute approximate surface area is 158 Å². The van der Waals surface area contributed by atoms with Gasteiger partial charge in [-0.3, -0.25) is 9.59 Å². The number of allylic oxidation sites excluding steroid dienone is 1. The number of amides is 2. The Morgan fingerprint density at radius 2 is 1.89 bits per heavy atom. The average molecular weight is 366 g/mol. The molecule has 2 aromatic carbocycles. The zero-order chi connectivity index (χ0) is 19.2. The number of para-hydroxylation sites is 1. The van der Waals surface area contributed by atoms with Crippen molar-refractivity contribution in [1.29, 1.82) is 0 Å². The molecule has 3 rings (SSSR count). The Bertz CT molecular complexity index is 859. The van der Waals surface area contributed by atoms with Crippen LogP contribution < -0.4 is 10.2 Å². The first-order valence-corrected chi connectivity index (χ1v) is 9.15. The summed E-state index contributed by atoms with van der Waals surface area (Å²) >= 11 is 0. The fourth-order valence-electron chi connectivity index (χ4n) is 3.26. The van der Waals surface area contributed by atoms with E-state index >= 15 is 0 Å². The predicted octanol–water partition coefficient (Wildman–Crippen LogP) is 3.71. The number of hydrogen-bond donors (Lipinski definition) is 1. The van der Waals surface area contributed by atoms with Crippen LogP contribution in [0.1, 0.15) is 30.9 Å². The van der Waals surface area contributed by atoms with Gasteiger partial charge in [-0.1, -0.05) is 30.3 Å². The molecule has 0 aliphatic carbocycles. The third-order valence-electron chi connectivity index (χ3n) is 4.70. The van der Waals surface area contributed by atoms with Gasteiger partial charge in [0.25, 0.3) is 0 Å². The van der Waals surface area contributed by atoms with Crippen molar-refractivity contribution in [2.75, 3.05) is 18.0 Å². The first-order valence-electron chi connectivity index (χ1n) is 9.15. The van der Waals surface area contributed by atoms with Crippen LogP contribution in [-0.2, 0) is 16.0 Å². The van der Waals surface area contributed by atoms with Gasteiger partial charge in [0.15, 0.2) is 0 Å². The Morgan fingerprint density at radius 3 is 2.67 bits per heavy atom. The van der Waals surface area contributed by atoms with E-state index in [0.29, 0.717) is 6.54 Å². The number of carbonyl (C=O) groups excluding carboxylic acids is 2. The van der Waals surface area contributed by atoms with Crippen molar-refractivity contribution in [3.8, 4) is 0 Å². The lowest BCUT2D eigenvalue weighted by atomic mass is 10.0. The van der Waals surface area contributed by atoms with Gasteiger partial charge in [0.1, 0.15) is 5.82 Å². The van der Waals surface area contributed by atoms with Crippen LogP contribution in [0.25, 0.3) is 5.57 Å². The van der Waals surface area contributed by atoms with Gasteiger partial charge in [-0.15, -0.1) is 0 Å². The molecule has 0 spiro atoms. The number of fused-ring (bicyclic) bond motifs is 1. The number of carbonyl (C=O) groups is 2. The van der Waals surface area contributed by atoms with Crippen molar-refractivity contribution in [2.24, 2.45) is 0 Å². The minimum atomic E-state index is -0.311. The minimum Gasteiger partial charge on any atom is -0.352 e. The summed E-state index contributed by atoms with van der Waals surface area (Å²) in [6.45, 7) is 2.79. The van der Waals surface area contributed by atoms with Crippen LogP contribution in [0.15, 0.2) is 54.6 Å². The summed E-state index contributed by atoms with van der Waals surface area (Å²) < 4.78 is 13.0. The second-order valence-corrected chi connectivity index (χ2v) is 6.65. The Kier molecular flexibility index (Phi) is 6.01. The van der Waals surface area contributed by atoms with Gasteiger partial charge in [0.2, 0.25) is 11.8 Å². The second-order valence-electron chi connectivity index (χ2n) is 6.65. The molecule has 1 N–H and O–H groups in total. The largest absolute Gasteiger partial charge is 0.352 e. The highest BCUT2D eigenvalue weighted by molar-refractivity contribution is 5.96. The van der Waals surface area contributed by atoms with Gasteiger partial charge in [-0.25, -0.2) is 4.39 Å². The van der Waals surface area contributed by atoms with Gasteiger partial charge in [-0.2, -0.15) is 0 Å². The molecule has 4 nitrogen and oxygen atoms in total. The third kappa shape index (κ3) is 4.82. The molecule has 0 fully saturated rings. The monoisotopic (exact) mass is 366 g/mol. The molecule has 2 aromatic rings. The molecule has 0 aromatic heterocycles. The number of anilines is 1. The highest BCUT2D eigenvalue weighted by Gasteiger charge is 2.21. The maximum atomic E-state index is 13.0. The number of halogens is 1. The van der Waals surface area contributed by atoms with Gasteiger partial charge >= 0.3 is 0 Å². The van der Waals surface area contributed by atoms with Crippen LogP contribution in [0.4, 0.5) is 10.1 Å². The summed E-state index contributed by atoms with van der Waals surface area (Å²) in [6, 6.07) is 13.9. The predicted molar refractivity (Wildman–Crippen MR) is 105 cm³/mol. The highest BCUT2D eigenvalue weighted by Crippen LogP contribution is 2.27. The lowest BCUT2D eigenvalue weighted by molar-refractivity contribution is -0.119. The smallest absolute Gasteiger partial charge is 0.244 e. The molecule has 1 aliphatic rings. The third-order valence-corrected chi connectivity index (χ3v) is 4.70. The second kappa shape index (κ2) is 8.62. The van der Waals surface area contributed by atoms with E-state index in [1.807, 2.05) is 23.1 Å². The average Bonchev–Trinajstić information content (AvgIpc) is 2.67. The molecule has 5 heteroatoms. The standard InChI is InChI=1S/C22H23FN2O2/c1-16(17-8-10-19(23)11-9-17)15-21(26)24-13-12-22(27)25-14-4-6-18-5-2-3-7-20(18)25/h2-3,5,7-11,15H,4,6,12-14H2,1H3,(H,24,26). The number of benzene rings is 2. The topological polar surface area (TPSA) is 49.4 Å². The molecule has 0 unspecified atom stereocenters. The molecule has 0 saturated carbocycles. The van der Waals surface area contributed by atoms with E-state index in [0.717, 1.165) is 29.7 Å². The van der Waals surface area contributed by atoms with E-state index in [1.165, 1.54) is 23.8 Å². The molecular weight excluding hydrogens is 343 g/mol. The Balaban J connectivity index is 1.52. The molecule has 27 heavy (non-hydrogen) atoms. The van der Waals surface area contributed by atoms with Crippen molar-refractivity contribution < 1.29 is 14.0 Å². The fraction of sp³-hybridized carbons (Fsp3) is 0.273. The lowest BCUT2D eigenvalue weighted by Crippen LogP contribution is -2.37. The molecule has 2 amide bonds. The van der Waals surface area contributed by atoms with E-state index in [4.69, 9.17) is 0 Å². The van der Waals surface area contributed by atoms with Crippen molar-refractivity contribution in [3.05, 3.63) is 71.6 Å². The van der Waals surface area contributed by atoms with Crippen LogP contribution in [0.2, 0.25) is 0 Å². The minimum absolute atomic E-state index is 0.0155. The van der Waals surface area contributed by atoms with Crippen molar-refractivity contribution in [2.45, 2.75) is 26.2 Å². The summed E-state index contributed by atoms with van der Waals surface area (Å²) in [7, 11) is 0. The maximum Gasteiger partial charge on any atom is 0.244 e. The highest BCUT2D eigenvalue weighted by atomic mass is 19.1. The molecule has 140 valence electrons. The Morgan fingerprint density at radius 1 is 1.15 bits per heavy atom. The quantitative estimate of drug-likeness (QED) is 0.820. The number of rotatable bonds is 5. The van der Waals surface area contributed by atoms with Crippen LogP contribution in [-0.4, -0.2) is 24.9 Å². The molecule has 0 saturated heterocycles. The first kappa shape index (κ1) is 18.8. The molecule has 0 bridgehead atoms. The molecule has 1 heterocycles. The van der Waals surface area contributed by atoms with Crippen LogP contribution in [0.5, 0.6) is 0 Å². The van der Waals surface area contributed by atoms with E-state index < -0.39 is 0 Å². The number of nitrogens with zero attached hydrogens (tertiary/aromatic N) is 1. The summed E-state index contributed by atoms with van der Waals surface area (Å²) in [5.74, 6) is -0.556. The number of nitrogens with one attached hydrogen (secondary N) is 1. The molecule has 0 radical (unpaired) electrons. The fourth-order valence-corrected chi connectivity index (χ4v) is 3.26. The number of hydrogen-bond acceptors (Lipinski definition) is 2. The SMILES string of the molecule is CC(=CC(=O)NCCC(=O)N1CCCc2ccccc21)c1ccc(F)cc1. The van der Waals surface area contributed by atoms with Gasteiger partial charge < -0.3 is 10.2 Å². The van der Waals surface area contributed by atoms with Gasteiger partial charge in [0, 0.05) is 31.3 Å². The van der Waals surface area contributed by atoms with Gasteiger partial charge in [0.05, 0.1) is 0 Å². The van der Waals surface area contributed by atoms with E-state index in [9.17, 15) is 14.0 Å². The van der Waals surface area contributed by atoms with Gasteiger partial charge in [-0.05, 0) is 54.7 Å². The van der Waals surface area contributed by atoms with Crippen molar-refractivity contribution >= 4 is 23.1 Å². The lowest BCUT2D eigenvalue weighted by Gasteiger charge is -2.29. The molecule has 0 atom stereocenters.